The second-order valence-electron chi connectivity index (χ2n) is 6.71. The van der Waals surface area contributed by atoms with E-state index in [9.17, 15) is 9.59 Å². The van der Waals surface area contributed by atoms with E-state index in [0.29, 0.717) is 5.46 Å². The first-order valence-electron chi connectivity index (χ1n) is 9.91. The number of halogens is 1. The fourth-order valence-electron chi connectivity index (χ4n) is 2.53. The van der Waals surface area contributed by atoms with Crippen molar-refractivity contribution < 1.29 is 29.9 Å². The van der Waals surface area contributed by atoms with Gasteiger partial charge < -0.3 is 20.3 Å². The number of aliphatic hydroxyl groups excluding tert-OH is 2. The zero-order valence-corrected chi connectivity index (χ0v) is 21.1. The maximum Gasteiger partial charge on any atom is 0.488 e. The molecule has 176 valence electrons. The minimum absolute atomic E-state index is 0.0260. The highest BCUT2D eigenvalue weighted by atomic mass is 79.9. The lowest BCUT2D eigenvalue weighted by Gasteiger charge is -1.99. The summed E-state index contributed by atoms with van der Waals surface area (Å²) in [5, 5.41) is 34.9. The molecule has 2 heterocycles. The molecule has 0 radical (unpaired) electrons. The second-order valence-corrected chi connectivity index (χ2v) is 10.3. The first-order chi connectivity index (χ1) is 16.4. The van der Waals surface area contributed by atoms with E-state index >= 15 is 0 Å². The van der Waals surface area contributed by atoms with Crippen molar-refractivity contribution in [2.24, 2.45) is 0 Å². The molecule has 0 amide bonds. The maximum absolute atomic E-state index is 10.5. The van der Waals surface area contributed by atoms with E-state index in [1.54, 1.807) is 30.3 Å². The van der Waals surface area contributed by atoms with Gasteiger partial charge >= 0.3 is 7.12 Å². The van der Waals surface area contributed by atoms with E-state index in [0.717, 1.165) is 47.7 Å². The van der Waals surface area contributed by atoms with E-state index in [1.807, 2.05) is 42.5 Å². The van der Waals surface area contributed by atoms with Crippen molar-refractivity contribution in [2.75, 3.05) is 0 Å². The van der Waals surface area contributed by atoms with E-state index in [-0.39, 0.29) is 13.2 Å². The van der Waals surface area contributed by atoms with Crippen LogP contribution in [0.5, 0.6) is 0 Å². The summed E-state index contributed by atoms with van der Waals surface area (Å²) in [6.45, 7) is 0.0338. The number of aliphatic hydroxyl groups is 2. The monoisotopic (exact) mass is 560 g/mol. The van der Waals surface area contributed by atoms with Crippen molar-refractivity contribution in [1.82, 2.24) is 0 Å². The van der Waals surface area contributed by atoms with E-state index in [2.05, 4.69) is 15.9 Å². The summed E-state index contributed by atoms with van der Waals surface area (Å²) < 4.78 is 1.000. The normalized spacial score (nSPS) is 9.79. The van der Waals surface area contributed by atoms with Crippen LogP contribution in [-0.4, -0.2) is 40.0 Å². The Morgan fingerprint density at radius 3 is 1.59 bits per heavy atom. The number of carbonyl (C=O) groups excluding carboxylic acids is 2. The highest BCUT2D eigenvalue weighted by Crippen LogP contribution is 2.27. The van der Waals surface area contributed by atoms with Crippen LogP contribution < -0.4 is 5.46 Å². The van der Waals surface area contributed by atoms with Gasteiger partial charge in [0.25, 0.3) is 0 Å². The summed E-state index contributed by atoms with van der Waals surface area (Å²) in [4.78, 5) is 23.1. The molecule has 4 aromatic rings. The van der Waals surface area contributed by atoms with Crippen LogP contribution in [0.3, 0.4) is 0 Å². The standard InChI is InChI=1S/C12H10O2S.C7H9BO3.C5H3BrOS/c13-7-9-1-3-10(4-2-9)12-6-5-11(8-14)15-12;9-5-6-1-3-7(4-2-6)8(10)11;6-5-2-1-4(3-7)8-5/h1-6,8,13H,7H2;1-4,9-11H,5H2;1-3H. The van der Waals surface area contributed by atoms with Gasteiger partial charge in [0.1, 0.15) is 0 Å². The third-order valence-electron chi connectivity index (χ3n) is 4.33. The van der Waals surface area contributed by atoms with Crippen LogP contribution in [0.4, 0.5) is 0 Å². The van der Waals surface area contributed by atoms with Gasteiger partial charge in [0, 0.05) is 4.88 Å². The van der Waals surface area contributed by atoms with Crippen molar-refractivity contribution in [3.63, 3.8) is 0 Å². The number of rotatable bonds is 6. The molecule has 0 unspecified atom stereocenters. The number of aldehydes is 2. The molecule has 2 aromatic heterocycles. The minimum Gasteiger partial charge on any atom is -0.423 e. The summed E-state index contributed by atoms with van der Waals surface area (Å²) in [6, 6.07) is 21.5. The van der Waals surface area contributed by atoms with E-state index in [1.165, 1.54) is 22.7 Å². The molecule has 0 aliphatic rings. The predicted molar refractivity (Wildman–Crippen MR) is 141 cm³/mol. The molecule has 10 heteroatoms. The van der Waals surface area contributed by atoms with Gasteiger partial charge in [0.05, 0.1) is 26.8 Å². The molecule has 0 fully saturated rings. The molecule has 6 nitrogen and oxygen atoms in total. The number of hydrogen-bond donors (Lipinski definition) is 4. The molecule has 0 saturated carbocycles. The Morgan fingerprint density at radius 1 is 0.706 bits per heavy atom. The molecule has 0 bridgehead atoms. The molecule has 0 aliphatic carbocycles. The zero-order chi connectivity index (χ0) is 24.9. The Kier molecular flexibility index (Phi) is 12.1. The van der Waals surface area contributed by atoms with Gasteiger partial charge in [-0.05, 0) is 62.3 Å². The molecule has 0 aliphatic heterocycles. The third kappa shape index (κ3) is 9.07. The van der Waals surface area contributed by atoms with Crippen molar-refractivity contribution in [3.05, 3.63) is 97.5 Å². The van der Waals surface area contributed by atoms with Gasteiger partial charge in [-0.1, -0.05) is 48.5 Å². The van der Waals surface area contributed by atoms with Crippen molar-refractivity contribution in [2.45, 2.75) is 13.2 Å². The Bertz CT molecular complexity index is 1160. The molecule has 4 N–H and O–H groups in total. The fourth-order valence-corrected chi connectivity index (χ4v) is 4.60. The minimum atomic E-state index is -1.43. The Labute approximate surface area is 214 Å². The van der Waals surface area contributed by atoms with Gasteiger partial charge in [-0.15, -0.1) is 22.7 Å². The average Bonchev–Trinajstić information content (AvgIpc) is 3.54. The number of benzene rings is 2. The third-order valence-corrected chi connectivity index (χ3v) is 6.94. The molecular formula is C24H22BBrO6S2. The zero-order valence-electron chi connectivity index (χ0n) is 17.9. The summed E-state index contributed by atoms with van der Waals surface area (Å²) in [7, 11) is -1.43. The topological polar surface area (TPSA) is 115 Å². The molecule has 0 atom stereocenters. The first kappa shape index (κ1) is 27.8. The van der Waals surface area contributed by atoms with Crippen molar-refractivity contribution in [3.8, 4) is 10.4 Å². The summed E-state index contributed by atoms with van der Waals surface area (Å²) in [5.74, 6) is 0. The lowest BCUT2D eigenvalue weighted by atomic mass is 9.80. The predicted octanol–water partition coefficient (Wildman–Crippen LogP) is 3.90. The highest BCUT2D eigenvalue weighted by Gasteiger charge is 2.09. The van der Waals surface area contributed by atoms with Crippen LogP contribution in [0.25, 0.3) is 10.4 Å². The molecule has 2 aromatic carbocycles. The average molecular weight is 561 g/mol. The van der Waals surface area contributed by atoms with Gasteiger partial charge in [-0.2, -0.15) is 0 Å². The molecule has 0 spiro atoms. The largest absolute Gasteiger partial charge is 0.488 e. The summed E-state index contributed by atoms with van der Waals surface area (Å²) in [5.41, 5.74) is 3.16. The SMILES string of the molecule is O=Cc1ccc(-c2ccc(CO)cc2)s1.O=Cc1ccc(Br)s1.OCc1ccc(B(O)O)cc1. The maximum atomic E-state index is 10.5. The van der Waals surface area contributed by atoms with Crippen LogP contribution in [0, 0.1) is 0 Å². The highest BCUT2D eigenvalue weighted by molar-refractivity contribution is 9.11. The lowest BCUT2D eigenvalue weighted by molar-refractivity contribution is 0.111. The fraction of sp³-hybridized carbons (Fsp3) is 0.0833. The van der Waals surface area contributed by atoms with Gasteiger partial charge in [-0.25, -0.2) is 0 Å². The van der Waals surface area contributed by atoms with Crippen LogP contribution >= 0.6 is 38.6 Å². The van der Waals surface area contributed by atoms with Crippen molar-refractivity contribution in [1.29, 1.82) is 0 Å². The Balaban J connectivity index is 0.000000190. The molecule has 4 rings (SSSR count). The smallest absolute Gasteiger partial charge is 0.423 e. The molecule has 0 saturated heterocycles. The van der Waals surface area contributed by atoms with Crippen LogP contribution in [-0.2, 0) is 13.2 Å². The Morgan fingerprint density at radius 2 is 1.21 bits per heavy atom. The van der Waals surface area contributed by atoms with Crippen molar-refractivity contribution >= 4 is 63.8 Å². The Hall–Kier alpha value is -2.44. The van der Waals surface area contributed by atoms with E-state index < -0.39 is 7.12 Å². The summed E-state index contributed by atoms with van der Waals surface area (Å²) in [6.07, 6.45) is 1.70. The number of hydrogen-bond acceptors (Lipinski definition) is 8. The van der Waals surface area contributed by atoms with Gasteiger partial charge in [0.15, 0.2) is 12.6 Å². The van der Waals surface area contributed by atoms with Gasteiger partial charge in [-0.3, -0.25) is 9.59 Å². The number of carbonyl (C=O) groups is 2. The quantitative estimate of drug-likeness (QED) is 0.210. The lowest BCUT2D eigenvalue weighted by Crippen LogP contribution is -2.29. The van der Waals surface area contributed by atoms with Crippen LogP contribution in [0.1, 0.15) is 30.5 Å². The van der Waals surface area contributed by atoms with Crippen LogP contribution in [0.2, 0.25) is 0 Å². The van der Waals surface area contributed by atoms with Crippen LogP contribution in [0.15, 0.2) is 76.6 Å². The molecular weight excluding hydrogens is 539 g/mol. The first-order valence-corrected chi connectivity index (χ1v) is 12.3. The van der Waals surface area contributed by atoms with E-state index in [4.69, 9.17) is 20.3 Å². The number of thiophene rings is 2. The second kappa shape index (κ2) is 14.7. The van der Waals surface area contributed by atoms with Gasteiger partial charge in [0.2, 0.25) is 0 Å². The summed E-state index contributed by atoms with van der Waals surface area (Å²) >= 11 is 6.14. The molecule has 34 heavy (non-hydrogen) atoms.